The van der Waals surface area contributed by atoms with Crippen LogP contribution in [-0.2, 0) is 11.4 Å². The molecule has 3 rings (SSSR count). The van der Waals surface area contributed by atoms with E-state index in [1.807, 2.05) is 0 Å². The van der Waals surface area contributed by atoms with Crippen molar-refractivity contribution in [3.8, 4) is 17.2 Å². The molecule has 0 radical (unpaired) electrons. The van der Waals surface area contributed by atoms with Crippen LogP contribution in [0.1, 0.15) is 5.56 Å². The lowest BCUT2D eigenvalue weighted by Gasteiger charge is -2.11. The fourth-order valence-electron chi connectivity index (χ4n) is 2.15. The Kier molecular flexibility index (Phi) is 6.26. The molecule has 0 fully saturated rings. The summed E-state index contributed by atoms with van der Waals surface area (Å²) in [4.78, 5) is 19.2. The summed E-state index contributed by atoms with van der Waals surface area (Å²) in [6.45, 7) is -0.0152. The predicted molar refractivity (Wildman–Crippen MR) is 101 cm³/mol. The minimum absolute atomic E-state index is 0.0152. The third-order valence-electron chi connectivity index (χ3n) is 3.58. The molecule has 30 heavy (non-hydrogen) atoms. The number of rotatable bonds is 6. The van der Waals surface area contributed by atoms with Gasteiger partial charge < -0.3 is 19.9 Å². The number of phenols is 1. The van der Waals surface area contributed by atoms with E-state index in [9.17, 15) is 23.1 Å². The number of aromatic hydroxyl groups is 1. The molecule has 156 valence electrons. The number of ether oxygens (including phenoxy) is 2. The van der Waals surface area contributed by atoms with Crippen molar-refractivity contribution in [1.29, 1.82) is 0 Å². The van der Waals surface area contributed by atoms with Crippen LogP contribution in [0, 0.1) is 0 Å². The van der Waals surface area contributed by atoms with Gasteiger partial charge in [0.25, 0.3) is 0 Å². The number of carbonyl (C=O) groups excluding carboxylic acids is 1. The number of esters is 1. The smallest absolute Gasteiger partial charge is 0.491 e. The van der Waals surface area contributed by atoms with Crippen LogP contribution in [0.3, 0.4) is 0 Å². The van der Waals surface area contributed by atoms with Gasteiger partial charge in [0.1, 0.15) is 12.4 Å². The number of hydrogen-bond donors (Lipinski definition) is 2. The van der Waals surface area contributed by atoms with Crippen LogP contribution >= 0.6 is 11.6 Å². The Morgan fingerprint density at radius 1 is 1.10 bits per heavy atom. The molecule has 0 atom stereocenters. The third kappa shape index (κ3) is 5.74. The van der Waals surface area contributed by atoms with E-state index in [1.165, 1.54) is 18.5 Å². The van der Waals surface area contributed by atoms with Crippen LogP contribution < -0.4 is 14.8 Å². The molecule has 0 aliphatic rings. The topological polar surface area (TPSA) is 93.6 Å². The van der Waals surface area contributed by atoms with Crippen molar-refractivity contribution in [3.63, 3.8) is 0 Å². The maximum absolute atomic E-state index is 12.3. The number of carbonyl (C=O) groups is 1. The molecular formula is C19H13ClF3N3O4. The summed E-state index contributed by atoms with van der Waals surface area (Å²) in [7, 11) is 0. The van der Waals surface area contributed by atoms with E-state index in [0.29, 0.717) is 16.5 Å². The Labute approximate surface area is 173 Å². The quantitative estimate of drug-likeness (QED) is 0.427. The van der Waals surface area contributed by atoms with Gasteiger partial charge in [-0.2, -0.15) is 13.2 Å². The maximum atomic E-state index is 12.3. The molecule has 0 unspecified atom stereocenters. The highest BCUT2D eigenvalue weighted by Gasteiger charge is 2.41. The van der Waals surface area contributed by atoms with Crippen LogP contribution in [0.5, 0.6) is 17.2 Å². The van der Waals surface area contributed by atoms with Crippen LogP contribution in [-0.4, -0.2) is 27.2 Å². The van der Waals surface area contributed by atoms with E-state index < -0.39 is 23.6 Å². The fourth-order valence-corrected chi connectivity index (χ4v) is 2.27. The van der Waals surface area contributed by atoms with Crippen molar-refractivity contribution < 1.29 is 32.5 Å². The van der Waals surface area contributed by atoms with E-state index in [-0.39, 0.29) is 12.4 Å². The van der Waals surface area contributed by atoms with Crippen molar-refractivity contribution >= 4 is 29.2 Å². The minimum Gasteiger partial charge on any atom is -0.504 e. The molecule has 0 amide bonds. The summed E-state index contributed by atoms with van der Waals surface area (Å²) in [6.07, 6.45) is -2.20. The van der Waals surface area contributed by atoms with Crippen molar-refractivity contribution in [2.75, 3.05) is 5.32 Å². The lowest BCUT2D eigenvalue weighted by molar-refractivity contribution is -0.189. The van der Waals surface area contributed by atoms with Gasteiger partial charge in [0.05, 0.1) is 0 Å². The van der Waals surface area contributed by atoms with Gasteiger partial charge in [-0.3, -0.25) is 0 Å². The van der Waals surface area contributed by atoms with Gasteiger partial charge in [-0.1, -0.05) is 11.6 Å². The summed E-state index contributed by atoms with van der Waals surface area (Å²) in [6, 6.07) is 10.3. The molecule has 2 N–H and O–H groups in total. The van der Waals surface area contributed by atoms with Gasteiger partial charge in [0, 0.05) is 34.7 Å². The first kappa shape index (κ1) is 21.2. The Balaban J connectivity index is 1.60. The van der Waals surface area contributed by atoms with Gasteiger partial charge in [0.15, 0.2) is 11.5 Å². The minimum atomic E-state index is -5.19. The van der Waals surface area contributed by atoms with Crippen LogP contribution in [0.4, 0.5) is 24.8 Å². The molecule has 0 aliphatic heterocycles. The van der Waals surface area contributed by atoms with Crippen LogP contribution in [0.15, 0.2) is 54.9 Å². The number of phenolic OH excluding ortho intramolecular Hbond substituents is 1. The molecular weight excluding hydrogens is 427 g/mol. The van der Waals surface area contributed by atoms with Crippen LogP contribution in [0.2, 0.25) is 5.02 Å². The Bertz CT molecular complexity index is 1030. The summed E-state index contributed by atoms with van der Waals surface area (Å²) in [5.74, 6) is -3.35. The zero-order valence-electron chi connectivity index (χ0n) is 15.0. The lowest BCUT2D eigenvalue weighted by atomic mass is 10.3. The second-order valence-corrected chi connectivity index (χ2v) is 6.29. The highest BCUT2D eigenvalue weighted by molar-refractivity contribution is 6.30. The number of halogens is 4. The highest BCUT2D eigenvalue weighted by Crippen LogP contribution is 2.32. The number of nitrogens with one attached hydrogen (secondary N) is 1. The first-order valence-electron chi connectivity index (χ1n) is 8.29. The monoisotopic (exact) mass is 439 g/mol. The van der Waals surface area contributed by atoms with E-state index in [2.05, 4.69) is 20.0 Å². The van der Waals surface area contributed by atoms with Gasteiger partial charge in [-0.25, -0.2) is 14.8 Å². The van der Waals surface area contributed by atoms with E-state index >= 15 is 0 Å². The van der Waals surface area contributed by atoms with Gasteiger partial charge in [0.2, 0.25) is 5.95 Å². The van der Waals surface area contributed by atoms with E-state index in [0.717, 1.165) is 17.8 Å². The number of aromatic nitrogens is 2. The number of alkyl halides is 3. The molecule has 0 bridgehead atoms. The molecule has 0 saturated heterocycles. The Hall–Kier alpha value is -3.53. The Morgan fingerprint density at radius 2 is 1.77 bits per heavy atom. The zero-order valence-corrected chi connectivity index (χ0v) is 15.7. The second-order valence-electron chi connectivity index (χ2n) is 5.85. The molecule has 0 aliphatic carbocycles. The predicted octanol–water partition coefficient (Wildman–Crippen LogP) is 4.63. The number of hydrogen-bond acceptors (Lipinski definition) is 7. The lowest BCUT2D eigenvalue weighted by Crippen LogP contribution is -2.28. The normalized spacial score (nSPS) is 11.1. The van der Waals surface area contributed by atoms with Gasteiger partial charge in [-0.15, -0.1) is 0 Å². The summed E-state index contributed by atoms with van der Waals surface area (Å²) >= 11 is 5.82. The van der Waals surface area contributed by atoms with Crippen molar-refractivity contribution in [2.24, 2.45) is 0 Å². The van der Waals surface area contributed by atoms with Crippen LogP contribution in [0.25, 0.3) is 0 Å². The first-order valence-corrected chi connectivity index (χ1v) is 8.67. The molecule has 2 aromatic carbocycles. The van der Waals surface area contributed by atoms with Gasteiger partial charge >= 0.3 is 12.1 Å². The molecule has 1 aromatic heterocycles. The molecule has 1 heterocycles. The molecule has 3 aromatic rings. The highest BCUT2D eigenvalue weighted by atomic mass is 35.5. The van der Waals surface area contributed by atoms with Crippen molar-refractivity contribution in [2.45, 2.75) is 12.8 Å². The zero-order chi connectivity index (χ0) is 21.7. The standard InChI is InChI=1S/C19H13ClF3N3O4/c20-12-1-3-13(4-2-12)26-18-24-8-11(9-25-18)10-29-14-5-6-15(27)16(7-14)30-17(28)19(21,22)23/h1-9,27H,10H2,(H,24,25,26). The maximum Gasteiger partial charge on any atom is 0.491 e. The number of anilines is 2. The van der Waals surface area contributed by atoms with E-state index in [1.54, 1.807) is 24.3 Å². The first-order chi connectivity index (χ1) is 14.2. The third-order valence-corrected chi connectivity index (χ3v) is 3.83. The summed E-state index contributed by atoms with van der Waals surface area (Å²) < 4.78 is 46.5. The molecule has 0 spiro atoms. The fraction of sp³-hybridized carbons (Fsp3) is 0.105. The number of benzene rings is 2. The van der Waals surface area contributed by atoms with E-state index in [4.69, 9.17) is 16.3 Å². The Morgan fingerprint density at radius 3 is 2.40 bits per heavy atom. The number of nitrogens with zero attached hydrogens (tertiary/aromatic N) is 2. The van der Waals surface area contributed by atoms with Crippen molar-refractivity contribution in [3.05, 3.63) is 65.4 Å². The largest absolute Gasteiger partial charge is 0.504 e. The second kappa shape index (κ2) is 8.87. The SMILES string of the molecule is O=C(Oc1cc(OCc2cnc(Nc3ccc(Cl)cc3)nc2)ccc1O)C(F)(F)F. The molecule has 0 saturated carbocycles. The molecule has 7 nitrogen and oxygen atoms in total. The molecule has 11 heteroatoms. The van der Waals surface area contributed by atoms with Gasteiger partial charge in [-0.05, 0) is 36.4 Å². The average Bonchev–Trinajstić information content (AvgIpc) is 2.70. The van der Waals surface area contributed by atoms with Crippen molar-refractivity contribution in [1.82, 2.24) is 9.97 Å². The average molecular weight is 440 g/mol. The summed E-state index contributed by atoms with van der Waals surface area (Å²) in [5.41, 5.74) is 1.31. The summed E-state index contributed by atoms with van der Waals surface area (Å²) in [5, 5.41) is 13.2.